The van der Waals surface area contributed by atoms with Crippen molar-refractivity contribution in [2.75, 3.05) is 13.1 Å². The Morgan fingerprint density at radius 1 is 1.39 bits per heavy atom. The molecule has 5 unspecified atom stereocenters. The maximum Gasteiger partial charge on any atom is 0.237 e. The third-order valence-corrected chi connectivity index (χ3v) is 4.87. The molecule has 1 amide bonds. The number of nitrogens with one attached hydrogen (secondary N) is 1. The first-order valence-corrected chi connectivity index (χ1v) is 7.33. The van der Waals surface area contributed by atoms with E-state index in [-0.39, 0.29) is 18.0 Å². The maximum atomic E-state index is 12.1. The van der Waals surface area contributed by atoms with Gasteiger partial charge in [0.2, 0.25) is 5.91 Å². The van der Waals surface area contributed by atoms with Gasteiger partial charge in [0.25, 0.3) is 0 Å². The van der Waals surface area contributed by atoms with E-state index >= 15 is 0 Å². The predicted octanol–water partition coefficient (Wildman–Crippen LogP) is 0.959. The van der Waals surface area contributed by atoms with E-state index in [1.165, 1.54) is 6.42 Å². The molecule has 18 heavy (non-hydrogen) atoms. The average Bonchev–Trinajstić information content (AvgIpc) is 2.91. The van der Waals surface area contributed by atoms with Gasteiger partial charge >= 0.3 is 0 Å². The average molecular weight is 253 g/mol. The van der Waals surface area contributed by atoms with Gasteiger partial charge in [0.15, 0.2) is 0 Å². The van der Waals surface area contributed by atoms with Gasteiger partial charge < -0.3 is 11.1 Å². The molecule has 4 nitrogen and oxygen atoms in total. The molecular formula is C14H27N3O. The summed E-state index contributed by atoms with van der Waals surface area (Å²) in [6, 6.07) is 0.603. The van der Waals surface area contributed by atoms with Crippen LogP contribution in [0.15, 0.2) is 0 Å². The van der Waals surface area contributed by atoms with Gasteiger partial charge in [-0.2, -0.15) is 0 Å². The lowest BCUT2D eigenvalue weighted by Crippen LogP contribution is -2.47. The van der Waals surface area contributed by atoms with E-state index in [0.717, 1.165) is 31.8 Å². The van der Waals surface area contributed by atoms with Crippen molar-refractivity contribution >= 4 is 5.91 Å². The molecule has 4 heteroatoms. The number of likely N-dealkylation sites (tertiary alicyclic amines) is 1. The Kier molecular flexibility index (Phi) is 4.28. The van der Waals surface area contributed by atoms with Crippen LogP contribution in [0, 0.1) is 11.8 Å². The molecule has 5 atom stereocenters. The molecule has 0 radical (unpaired) electrons. The summed E-state index contributed by atoms with van der Waals surface area (Å²) in [7, 11) is 0. The minimum Gasteiger partial charge on any atom is -0.352 e. The number of carbonyl (C=O) groups is 1. The molecular weight excluding hydrogens is 226 g/mol. The third kappa shape index (κ3) is 2.69. The van der Waals surface area contributed by atoms with Crippen LogP contribution in [-0.4, -0.2) is 42.0 Å². The molecule has 0 aromatic carbocycles. The van der Waals surface area contributed by atoms with E-state index in [4.69, 9.17) is 5.73 Å². The zero-order valence-corrected chi connectivity index (χ0v) is 11.9. The minimum absolute atomic E-state index is 0.0169. The van der Waals surface area contributed by atoms with Crippen LogP contribution < -0.4 is 11.1 Å². The number of nitrogens with zero attached hydrogens (tertiary/aromatic N) is 1. The van der Waals surface area contributed by atoms with Gasteiger partial charge in [-0.3, -0.25) is 9.69 Å². The second kappa shape index (κ2) is 5.57. The molecule has 2 rings (SSSR count). The van der Waals surface area contributed by atoms with Gasteiger partial charge in [0.1, 0.15) is 0 Å². The van der Waals surface area contributed by atoms with Crippen LogP contribution in [0.3, 0.4) is 0 Å². The molecule has 1 aliphatic heterocycles. The monoisotopic (exact) mass is 253 g/mol. The van der Waals surface area contributed by atoms with Crippen molar-refractivity contribution in [2.45, 2.75) is 58.2 Å². The number of amides is 1. The highest BCUT2D eigenvalue weighted by Gasteiger charge is 2.43. The third-order valence-electron chi connectivity index (χ3n) is 4.87. The molecule has 0 spiro atoms. The van der Waals surface area contributed by atoms with Crippen LogP contribution >= 0.6 is 0 Å². The van der Waals surface area contributed by atoms with Gasteiger partial charge in [-0.15, -0.1) is 0 Å². The first kappa shape index (κ1) is 13.8. The number of rotatable bonds is 4. The van der Waals surface area contributed by atoms with Crippen LogP contribution in [0.1, 0.15) is 40.0 Å². The molecule has 1 saturated carbocycles. The molecule has 1 heterocycles. The van der Waals surface area contributed by atoms with Gasteiger partial charge in [-0.1, -0.05) is 6.92 Å². The van der Waals surface area contributed by atoms with Crippen molar-refractivity contribution in [1.82, 2.24) is 10.2 Å². The Bertz CT molecular complexity index is 307. The summed E-state index contributed by atoms with van der Waals surface area (Å²) in [5.74, 6) is 1.50. The van der Waals surface area contributed by atoms with Crippen molar-refractivity contribution < 1.29 is 4.79 Å². The molecule has 0 aromatic heterocycles. The van der Waals surface area contributed by atoms with Crippen LogP contribution in [0.2, 0.25) is 0 Å². The summed E-state index contributed by atoms with van der Waals surface area (Å²) >= 11 is 0. The summed E-state index contributed by atoms with van der Waals surface area (Å²) in [4.78, 5) is 14.4. The molecule has 1 aliphatic carbocycles. The smallest absolute Gasteiger partial charge is 0.237 e. The Labute approximate surface area is 110 Å². The number of nitrogens with two attached hydrogens (primary N) is 1. The fraction of sp³-hybridized carbons (Fsp3) is 0.929. The summed E-state index contributed by atoms with van der Waals surface area (Å²) in [6.07, 6.45) is 3.38. The van der Waals surface area contributed by atoms with E-state index in [1.54, 1.807) is 0 Å². The Balaban J connectivity index is 1.87. The highest BCUT2D eigenvalue weighted by molar-refractivity contribution is 5.81. The number of hydrogen-bond donors (Lipinski definition) is 2. The number of hydrogen-bond acceptors (Lipinski definition) is 3. The van der Waals surface area contributed by atoms with Gasteiger partial charge in [-0.05, 0) is 44.9 Å². The second-order valence-corrected chi connectivity index (χ2v) is 6.11. The van der Waals surface area contributed by atoms with Crippen molar-refractivity contribution in [3.8, 4) is 0 Å². The summed E-state index contributed by atoms with van der Waals surface area (Å²) < 4.78 is 0. The highest BCUT2D eigenvalue weighted by atomic mass is 16.2. The van der Waals surface area contributed by atoms with Crippen LogP contribution in [0.4, 0.5) is 0 Å². The van der Waals surface area contributed by atoms with Gasteiger partial charge in [-0.25, -0.2) is 0 Å². The largest absolute Gasteiger partial charge is 0.352 e. The Morgan fingerprint density at radius 3 is 2.72 bits per heavy atom. The maximum absolute atomic E-state index is 12.1. The first-order chi connectivity index (χ1) is 8.52. The summed E-state index contributed by atoms with van der Waals surface area (Å²) in [5.41, 5.74) is 6.13. The van der Waals surface area contributed by atoms with E-state index in [2.05, 4.69) is 24.1 Å². The molecule has 1 saturated heterocycles. The van der Waals surface area contributed by atoms with Crippen LogP contribution in [0.5, 0.6) is 0 Å². The van der Waals surface area contributed by atoms with Crippen molar-refractivity contribution in [1.29, 1.82) is 0 Å². The lowest BCUT2D eigenvalue weighted by atomic mass is 9.98. The molecule has 2 aliphatic rings. The quantitative estimate of drug-likeness (QED) is 0.784. The van der Waals surface area contributed by atoms with E-state index in [0.29, 0.717) is 12.0 Å². The fourth-order valence-electron chi connectivity index (χ4n) is 3.29. The SMILES string of the molecule is CCC(C)NC(=O)C(C)N1CC2CCC(N)C2C1. The summed E-state index contributed by atoms with van der Waals surface area (Å²) in [5, 5.41) is 3.07. The fourth-order valence-corrected chi connectivity index (χ4v) is 3.29. The van der Waals surface area contributed by atoms with E-state index in [9.17, 15) is 4.79 Å². The Hall–Kier alpha value is -0.610. The molecule has 0 bridgehead atoms. The number of fused-ring (bicyclic) bond motifs is 1. The molecule has 3 N–H and O–H groups in total. The zero-order valence-electron chi connectivity index (χ0n) is 11.9. The van der Waals surface area contributed by atoms with E-state index in [1.807, 2.05) is 6.92 Å². The van der Waals surface area contributed by atoms with Crippen molar-refractivity contribution in [3.05, 3.63) is 0 Å². The standard InChI is InChI=1S/C14H27N3O/c1-4-9(2)16-14(18)10(3)17-7-11-5-6-13(15)12(11)8-17/h9-13H,4-8,15H2,1-3H3,(H,16,18). The second-order valence-electron chi connectivity index (χ2n) is 6.11. The van der Waals surface area contributed by atoms with Crippen LogP contribution in [0.25, 0.3) is 0 Å². The molecule has 0 aromatic rings. The predicted molar refractivity (Wildman–Crippen MR) is 73.1 cm³/mol. The lowest BCUT2D eigenvalue weighted by molar-refractivity contribution is -0.126. The molecule has 2 fully saturated rings. The van der Waals surface area contributed by atoms with Gasteiger partial charge in [0.05, 0.1) is 6.04 Å². The van der Waals surface area contributed by atoms with E-state index < -0.39 is 0 Å². The highest BCUT2D eigenvalue weighted by Crippen LogP contribution is 2.37. The van der Waals surface area contributed by atoms with Crippen molar-refractivity contribution in [2.24, 2.45) is 17.6 Å². The minimum atomic E-state index is -0.0169. The lowest BCUT2D eigenvalue weighted by Gasteiger charge is -2.26. The topological polar surface area (TPSA) is 58.4 Å². The van der Waals surface area contributed by atoms with Crippen molar-refractivity contribution in [3.63, 3.8) is 0 Å². The van der Waals surface area contributed by atoms with Gasteiger partial charge in [0, 0.05) is 25.2 Å². The first-order valence-electron chi connectivity index (χ1n) is 7.33. The Morgan fingerprint density at radius 2 is 2.11 bits per heavy atom. The normalized spacial score (nSPS) is 35.2. The zero-order chi connectivity index (χ0) is 13.3. The van der Waals surface area contributed by atoms with Crippen LogP contribution in [-0.2, 0) is 4.79 Å². The molecule has 104 valence electrons. The number of carbonyl (C=O) groups excluding carboxylic acids is 1. The summed E-state index contributed by atoms with van der Waals surface area (Å²) in [6.45, 7) is 8.22.